The Balaban J connectivity index is 1.87. The van der Waals surface area contributed by atoms with E-state index in [0.717, 1.165) is 37.0 Å². The van der Waals surface area contributed by atoms with E-state index in [1.165, 1.54) is 24.3 Å². The smallest absolute Gasteiger partial charge is 0.325 e. The van der Waals surface area contributed by atoms with E-state index in [4.69, 9.17) is 0 Å². The van der Waals surface area contributed by atoms with Gasteiger partial charge in [-0.15, -0.1) is 0 Å². The van der Waals surface area contributed by atoms with Gasteiger partial charge in [-0.3, -0.25) is 14.5 Å². The van der Waals surface area contributed by atoms with Crippen molar-refractivity contribution in [1.29, 1.82) is 0 Å². The number of unbranched alkanes of at least 4 members (excludes halogenated alkanes) is 4. The zero-order valence-electron chi connectivity index (χ0n) is 16.7. The third kappa shape index (κ3) is 6.69. The lowest BCUT2D eigenvalue weighted by molar-refractivity contribution is -0.133. The highest BCUT2D eigenvalue weighted by Crippen LogP contribution is 2.27. The molecule has 9 heteroatoms. The second kappa shape index (κ2) is 10.6. The first-order valence-electron chi connectivity index (χ1n) is 9.74. The summed E-state index contributed by atoms with van der Waals surface area (Å²) in [6.07, 6.45) is 5.71. The van der Waals surface area contributed by atoms with Crippen molar-refractivity contribution >= 4 is 35.3 Å². The molecule has 1 aliphatic heterocycles. The summed E-state index contributed by atoms with van der Waals surface area (Å²) < 4.78 is 24.7. The van der Waals surface area contributed by atoms with Crippen molar-refractivity contribution in [2.45, 2.75) is 68.6 Å². The molecular weight excluding hydrogens is 400 g/mol. The molecule has 1 saturated heterocycles. The van der Waals surface area contributed by atoms with Crippen molar-refractivity contribution in [1.82, 2.24) is 10.2 Å². The Morgan fingerprint density at radius 1 is 1.17 bits per heavy atom. The lowest BCUT2D eigenvalue weighted by Gasteiger charge is -2.21. The highest BCUT2D eigenvalue weighted by atomic mass is 32.2. The number of carbonyl (C=O) groups excluding carboxylic acids is 3. The average molecular weight is 428 g/mol. The van der Waals surface area contributed by atoms with Gasteiger partial charge in [0.25, 0.3) is 11.7 Å². The zero-order chi connectivity index (χ0) is 21.4. The maximum Gasteiger partial charge on any atom is 0.325 e. The van der Waals surface area contributed by atoms with E-state index < -0.39 is 35.7 Å². The molecule has 0 saturated carbocycles. The van der Waals surface area contributed by atoms with Crippen LogP contribution < -0.4 is 10.6 Å². The number of hydrogen-bond acceptors (Lipinski definition) is 4. The number of alkyl halides is 2. The molecule has 0 aromatic heterocycles. The SMILES string of the molecule is CCCCCCCC1(C)NC(=O)N(CC(=O)Nc2ccc(SC(F)F)cc2)C1=O. The number of benzene rings is 1. The molecule has 1 aromatic rings. The van der Waals surface area contributed by atoms with Gasteiger partial charge in [-0.25, -0.2) is 4.79 Å². The Morgan fingerprint density at radius 2 is 1.83 bits per heavy atom. The van der Waals surface area contributed by atoms with Crippen LogP contribution >= 0.6 is 11.8 Å². The molecule has 160 valence electrons. The Morgan fingerprint density at radius 3 is 2.45 bits per heavy atom. The summed E-state index contributed by atoms with van der Waals surface area (Å²) in [6, 6.07) is 5.35. The number of halogens is 2. The number of urea groups is 1. The number of anilines is 1. The van der Waals surface area contributed by atoms with Gasteiger partial charge in [-0.1, -0.05) is 50.8 Å². The number of nitrogens with zero attached hydrogens (tertiary/aromatic N) is 1. The minimum atomic E-state index is -2.52. The fourth-order valence-electron chi connectivity index (χ4n) is 3.21. The third-order valence-corrected chi connectivity index (χ3v) is 5.51. The summed E-state index contributed by atoms with van der Waals surface area (Å²) in [5.41, 5.74) is -0.586. The summed E-state index contributed by atoms with van der Waals surface area (Å²) in [5.74, 6) is -3.46. The van der Waals surface area contributed by atoms with Crippen LogP contribution in [0.4, 0.5) is 19.3 Å². The van der Waals surface area contributed by atoms with Gasteiger partial charge < -0.3 is 10.6 Å². The van der Waals surface area contributed by atoms with Crippen molar-refractivity contribution in [2.75, 3.05) is 11.9 Å². The molecule has 2 N–H and O–H groups in total. The molecule has 2 rings (SSSR count). The molecule has 4 amide bonds. The second-order valence-corrected chi connectivity index (χ2v) is 8.33. The first-order chi connectivity index (χ1) is 13.7. The summed E-state index contributed by atoms with van der Waals surface area (Å²) >= 11 is 0.411. The normalized spacial score (nSPS) is 19.0. The van der Waals surface area contributed by atoms with Gasteiger partial charge in [-0.05, 0) is 37.6 Å². The first-order valence-corrected chi connectivity index (χ1v) is 10.6. The maximum absolute atomic E-state index is 12.7. The van der Waals surface area contributed by atoms with Crippen LogP contribution in [-0.2, 0) is 9.59 Å². The van der Waals surface area contributed by atoms with Crippen molar-refractivity contribution in [2.24, 2.45) is 0 Å². The minimum absolute atomic E-state index is 0.377. The summed E-state index contributed by atoms with van der Waals surface area (Å²) in [7, 11) is 0. The molecule has 1 fully saturated rings. The number of amides is 4. The molecule has 0 bridgehead atoms. The molecule has 0 spiro atoms. The van der Waals surface area contributed by atoms with Crippen LogP contribution in [-0.4, -0.2) is 40.6 Å². The van der Waals surface area contributed by atoms with E-state index in [1.807, 2.05) is 0 Å². The van der Waals surface area contributed by atoms with Crippen molar-refractivity contribution in [3.05, 3.63) is 24.3 Å². The van der Waals surface area contributed by atoms with Gasteiger partial charge in [0.05, 0.1) is 0 Å². The molecule has 29 heavy (non-hydrogen) atoms. The lowest BCUT2D eigenvalue weighted by Crippen LogP contribution is -2.44. The molecule has 0 aliphatic carbocycles. The molecule has 0 radical (unpaired) electrons. The van der Waals surface area contributed by atoms with E-state index in [0.29, 0.717) is 28.8 Å². The number of thioether (sulfide) groups is 1. The second-order valence-electron chi connectivity index (χ2n) is 7.27. The topological polar surface area (TPSA) is 78.5 Å². The molecular formula is C20H27F2N3O3S. The average Bonchev–Trinajstić information content (AvgIpc) is 2.86. The third-order valence-electron chi connectivity index (χ3n) is 4.79. The van der Waals surface area contributed by atoms with Crippen LogP contribution in [0.2, 0.25) is 0 Å². The largest absolute Gasteiger partial charge is 0.325 e. The summed E-state index contributed by atoms with van der Waals surface area (Å²) in [5, 5.41) is 5.27. The Labute approximate surface area is 173 Å². The number of carbonyl (C=O) groups is 3. The summed E-state index contributed by atoms with van der Waals surface area (Å²) in [4.78, 5) is 38.4. The van der Waals surface area contributed by atoms with Crippen LogP contribution in [0.25, 0.3) is 0 Å². The minimum Gasteiger partial charge on any atom is -0.325 e. The van der Waals surface area contributed by atoms with Gasteiger partial charge in [0, 0.05) is 10.6 Å². The quantitative estimate of drug-likeness (QED) is 0.307. The van der Waals surface area contributed by atoms with Gasteiger partial charge >= 0.3 is 6.03 Å². The first kappa shape index (κ1) is 23.1. The predicted octanol–water partition coefficient (Wildman–Crippen LogP) is 4.61. The Kier molecular flexibility index (Phi) is 8.43. The summed E-state index contributed by atoms with van der Waals surface area (Å²) in [6.45, 7) is 3.41. The monoisotopic (exact) mass is 427 g/mol. The zero-order valence-corrected chi connectivity index (χ0v) is 17.5. The number of imide groups is 1. The highest BCUT2D eigenvalue weighted by Gasteiger charge is 2.47. The van der Waals surface area contributed by atoms with Crippen LogP contribution in [0.3, 0.4) is 0 Å². The van der Waals surface area contributed by atoms with Crippen LogP contribution in [0.1, 0.15) is 52.4 Å². The Hall–Kier alpha value is -2.16. The lowest BCUT2D eigenvalue weighted by atomic mass is 9.94. The maximum atomic E-state index is 12.7. The highest BCUT2D eigenvalue weighted by molar-refractivity contribution is 7.99. The van der Waals surface area contributed by atoms with Crippen molar-refractivity contribution in [3.63, 3.8) is 0 Å². The van der Waals surface area contributed by atoms with E-state index in [9.17, 15) is 23.2 Å². The van der Waals surface area contributed by atoms with Gasteiger partial charge in [0.2, 0.25) is 5.91 Å². The molecule has 6 nitrogen and oxygen atoms in total. The number of rotatable bonds is 11. The van der Waals surface area contributed by atoms with Crippen LogP contribution in [0.5, 0.6) is 0 Å². The van der Waals surface area contributed by atoms with Crippen molar-refractivity contribution in [3.8, 4) is 0 Å². The molecule has 1 atom stereocenters. The van der Waals surface area contributed by atoms with Gasteiger partial charge in [-0.2, -0.15) is 8.78 Å². The number of hydrogen-bond donors (Lipinski definition) is 2. The van der Waals surface area contributed by atoms with E-state index in [-0.39, 0.29) is 0 Å². The van der Waals surface area contributed by atoms with E-state index in [2.05, 4.69) is 17.6 Å². The fraction of sp³-hybridized carbons (Fsp3) is 0.550. The standard InChI is InChI=1S/C20H27F2N3O3S/c1-3-4-5-6-7-12-20(2)17(27)25(19(28)24-20)13-16(26)23-14-8-10-15(11-9-14)29-18(21)22/h8-11,18H,3-7,12-13H2,1-2H3,(H,23,26)(H,24,28). The molecule has 1 heterocycles. The number of nitrogens with one attached hydrogen (secondary N) is 2. The van der Waals surface area contributed by atoms with E-state index in [1.54, 1.807) is 6.92 Å². The molecule has 1 aliphatic rings. The molecule has 1 unspecified atom stereocenters. The van der Waals surface area contributed by atoms with Gasteiger partial charge in [0.1, 0.15) is 12.1 Å². The van der Waals surface area contributed by atoms with Crippen molar-refractivity contribution < 1.29 is 23.2 Å². The predicted molar refractivity (Wildman–Crippen MR) is 109 cm³/mol. The van der Waals surface area contributed by atoms with Gasteiger partial charge in [0.15, 0.2) is 0 Å². The molecule has 1 aromatic carbocycles. The van der Waals surface area contributed by atoms with Crippen LogP contribution in [0.15, 0.2) is 29.2 Å². The Bertz CT molecular complexity index is 730. The fourth-order valence-corrected chi connectivity index (χ4v) is 3.70. The van der Waals surface area contributed by atoms with Crippen LogP contribution in [0, 0.1) is 0 Å². The van der Waals surface area contributed by atoms with E-state index >= 15 is 0 Å².